The molecule has 0 radical (unpaired) electrons. The molecule has 0 fully saturated rings. The fraction of sp³-hybridized carbons (Fsp3) is 0.353. The first-order valence-corrected chi connectivity index (χ1v) is 9.23. The number of nitrogens with zero attached hydrogens (tertiary/aromatic N) is 4. The van der Waals surface area contributed by atoms with Crippen molar-refractivity contribution in [2.45, 2.75) is 25.3 Å². The van der Waals surface area contributed by atoms with Crippen LogP contribution in [0.2, 0.25) is 0 Å². The zero-order valence-electron chi connectivity index (χ0n) is 15.1. The molecule has 2 aromatic rings. The molecule has 0 spiro atoms. The fourth-order valence-electron chi connectivity index (χ4n) is 2.33. The molecule has 1 aromatic heterocycles. The van der Waals surface area contributed by atoms with E-state index in [0.29, 0.717) is 17.0 Å². The van der Waals surface area contributed by atoms with Crippen molar-refractivity contribution in [3.63, 3.8) is 0 Å². The summed E-state index contributed by atoms with van der Waals surface area (Å²) in [6, 6.07) is 7.47. The van der Waals surface area contributed by atoms with Crippen LogP contribution >= 0.6 is 0 Å². The van der Waals surface area contributed by atoms with Gasteiger partial charge >= 0.3 is 0 Å². The minimum atomic E-state index is -3.83. The Balaban J connectivity index is 2.08. The Morgan fingerprint density at radius 3 is 2.35 bits per heavy atom. The van der Waals surface area contributed by atoms with Gasteiger partial charge in [-0.1, -0.05) is 5.16 Å². The Morgan fingerprint density at radius 1 is 1.23 bits per heavy atom. The molecular formula is C17H20N4O4S. The van der Waals surface area contributed by atoms with Crippen molar-refractivity contribution in [1.82, 2.24) is 14.4 Å². The number of sulfonamides is 1. The maximum atomic E-state index is 12.6. The molecule has 2 rings (SSSR count). The number of nitriles is 1. The normalized spacial score (nSPS) is 11.4. The molecule has 26 heavy (non-hydrogen) atoms. The number of aryl methyl sites for hydroxylation is 2. The first-order valence-electron chi connectivity index (χ1n) is 7.79. The van der Waals surface area contributed by atoms with Crippen LogP contribution in [0, 0.1) is 25.2 Å². The van der Waals surface area contributed by atoms with E-state index >= 15 is 0 Å². The molecule has 0 saturated heterocycles. The summed E-state index contributed by atoms with van der Waals surface area (Å²) in [5.74, 6) is 0.269. The molecule has 1 aromatic carbocycles. The van der Waals surface area contributed by atoms with Crippen molar-refractivity contribution in [3.8, 4) is 6.07 Å². The number of hydrogen-bond donors (Lipinski definition) is 0. The van der Waals surface area contributed by atoms with Gasteiger partial charge < -0.3 is 9.42 Å². The molecular weight excluding hydrogens is 356 g/mol. The van der Waals surface area contributed by atoms with Crippen LogP contribution in [0.4, 0.5) is 0 Å². The highest BCUT2D eigenvalue weighted by atomic mass is 32.2. The van der Waals surface area contributed by atoms with E-state index in [1.807, 2.05) is 6.07 Å². The molecule has 0 bridgehead atoms. The van der Waals surface area contributed by atoms with E-state index < -0.39 is 10.0 Å². The molecule has 1 amide bonds. The van der Waals surface area contributed by atoms with Crippen LogP contribution in [0.3, 0.4) is 0 Å². The lowest BCUT2D eigenvalue weighted by molar-refractivity contribution is -0.130. The Hall–Kier alpha value is -2.70. The predicted molar refractivity (Wildman–Crippen MR) is 93.4 cm³/mol. The zero-order chi connectivity index (χ0) is 19.5. The summed E-state index contributed by atoms with van der Waals surface area (Å²) >= 11 is 0. The molecule has 0 saturated carbocycles. The van der Waals surface area contributed by atoms with Crippen LogP contribution in [0.5, 0.6) is 0 Å². The van der Waals surface area contributed by atoms with E-state index in [4.69, 9.17) is 9.78 Å². The molecule has 0 atom stereocenters. The predicted octanol–water partition coefficient (Wildman–Crippen LogP) is 1.44. The number of carbonyl (C=O) groups excluding carboxylic acids is 1. The highest BCUT2D eigenvalue weighted by molar-refractivity contribution is 7.89. The molecule has 138 valence electrons. The lowest BCUT2D eigenvalue weighted by Gasteiger charge is -2.22. The van der Waals surface area contributed by atoms with Crippen LogP contribution in [-0.4, -0.2) is 49.3 Å². The van der Waals surface area contributed by atoms with Gasteiger partial charge in [-0.2, -0.15) is 9.57 Å². The third kappa shape index (κ3) is 4.09. The number of likely N-dealkylation sites (N-methyl/N-ethyl adjacent to an activating group) is 2. The molecule has 0 aliphatic rings. The minimum Gasteiger partial charge on any atom is -0.361 e. The monoisotopic (exact) mass is 376 g/mol. The van der Waals surface area contributed by atoms with Crippen LogP contribution in [-0.2, 0) is 21.4 Å². The van der Waals surface area contributed by atoms with Gasteiger partial charge in [0.2, 0.25) is 15.9 Å². The number of hydrogen-bond acceptors (Lipinski definition) is 6. The number of rotatable bonds is 6. The van der Waals surface area contributed by atoms with E-state index in [2.05, 4.69) is 5.16 Å². The number of amides is 1. The van der Waals surface area contributed by atoms with Gasteiger partial charge in [-0.15, -0.1) is 0 Å². The van der Waals surface area contributed by atoms with Gasteiger partial charge in [-0.3, -0.25) is 4.79 Å². The molecule has 0 aliphatic carbocycles. The third-order valence-electron chi connectivity index (χ3n) is 4.05. The molecule has 8 nitrogen and oxygen atoms in total. The van der Waals surface area contributed by atoms with Gasteiger partial charge in [0, 0.05) is 19.7 Å². The summed E-state index contributed by atoms with van der Waals surface area (Å²) in [6.07, 6.45) is 0. The second kappa shape index (κ2) is 7.68. The van der Waals surface area contributed by atoms with Gasteiger partial charge in [-0.05, 0) is 38.1 Å². The van der Waals surface area contributed by atoms with E-state index in [0.717, 1.165) is 9.87 Å². The number of carbonyl (C=O) groups is 1. The van der Waals surface area contributed by atoms with Crippen molar-refractivity contribution >= 4 is 15.9 Å². The second-order valence-corrected chi connectivity index (χ2v) is 7.99. The molecule has 0 aliphatic heterocycles. The Kier molecular flexibility index (Phi) is 5.79. The topological polar surface area (TPSA) is 108 Å². The highest BCUT2D eigenvalue weighted by Gasteiger charge is 2.25. The quantitative estimate of drug-likeness (QED) is 0.755. The lowest BCUT2D eigenvalue weighted by Crippen LogP contribution is -2.39. The summed E-state index contributed by atoms with van der Waals surface area (Å²) in [4.78, 5) is 13.9. The Bertz CT molecular complexity index is 923. The Labute approximate surface area is 152 Å². The maximum absolute atomic E-state index is 12.6. The fourth-order valence-corrected chi connectivity index (χ4v) is 3.45. The van der Waals surface area contributed by atoms with Crippen LogP contribution in [0.1, 0.15) is 22.6 Å². The van der Waals surface area contributed by atoms with Crippen molar-refractivity contribution < 1.29 is 17.7 Å². The molecule has 0 N–H and O–H groups in total. The molecule has 1 heterocycles. The highest BCUT2D eigenvalue weighted by Crippen LogP contribution is 2.17. The van der Waals surface area contributed by atoms with Crippen LogP contribution in [0.25, 0.3) is 0 Å². The second-order valence-electron chi connectivity index (χ2n) is 5.95. The Morgan fingerprint density at radius 2 is 1.85 bits per heavy atom. The average molecular weight is 376 g/mol. The number of benzene rings is 1. The van der Waals surface area contributed by atoms with Gasteiger partial charge in [0.05, 0.1) is 35.3 Å². The van der Waals surface area contributed by atoms with Crippen molar-refractivity contribution in [1.29, 1.82) is 5.26 Å². The van der Waals surface area contributed by atoms with Crippen molar-refractivity contribution in [2.24, 2.45) is 0 Å². The van der Waals surface area contributed by atoms with E-state index in [9.17, 15) is 13.2 Å². The van der Waals surface area contributed by atoms with Gasteiger partial charge in [0.25, 0.3) is 0 Å². The average Bonchev–Trinajstić information content (AvgIpc) is 2.93. The van der Waals surface area contributed by atoms with E-state index in [1.165, 1.54) is 36.2 Å². The SMILES string of the molecule is Cc1noc(C)c1CN(C)C(=O)CN(C)S(=O)(=O)c1ccc(C#N)cc1. The van der Waals surface area contributed by atoms with Gasteiger partial charge in [0.1, 0.15) is 5.76 Å². The summed E-state index contributed by atoms with van der Waals surface area (Å²) in [6.45, 7) is 3.52. The zero-order valence-corrected chi connectivity index (χ0v) is 15.9. The lowest BCUT2D eigenvalue weighted by atomic mass is 10.2. The van der Waals surface area contributed by atoms with Crippen molar-refractivity contribution in [2.75, 3.05) is 20.6 Å². The largest absolute Gasteiger partial charge is 0.361 e. The minimum absolute atomic E-state index is 0.0279. The van der Waals surface area contributed by atoms with Crippen LogP contribution < -0.4 is 0 Å². The standard InChI is InChI=1S/C17H20N4O4S/c1-12-16(13(2)25-19-12)10-20(3)17(22)11-21(4)26(23,24)15-7-5-14(9-18)6-8-15/h5-8H,10-11H2,1-4H3. The van der Waals surface area contributed by atoms with E-state index in [-0.39, 0.29) is 23.9 Å². The van der Waals surface area contributed by atoms with E-state index in [1.54, 1.807) is 20.9 Å². The summed E-state index contributed by atoms with van der Waals surface area (Å²) in [7, 11) is -0.889. The molecule has 9 heteroatoms. The number of aromatic nitrogens is 1. The third-order valence-corrected chi connectivity index (χ3v) is 5.87. The van der Waals surface area contributed by atoms with Gasteiger partial charge in [-0.25, -0.2) is 8.42 Å². The summed E-state index contributed by atoms with van der Waals surface area (Å²) in [5.41, 5.74) is 1.86. The summed E-state index contributed by atoms with van der Waals surface area (Å²) in [5, 5.41) is 12.6. The summed E-state index contributed by atoms with van der Waals surface area (Å²) < 4.78 is 31.2. The first-order chi connectivity index (χ1) is 12.2. The molecule has 0 unspecified atom stereocenters. The maximum Gasteiger partial charge on any atom is 0.243 e. The van der Waals surface area contributed by atoms with Gasteiger partial charge in [0.15, 0.2) is 0 Å². The first kappa shape index (κ1) is 19.6. The van der Waals surface area contributed by atoms with Crippen molar-refractivity contribution in [3.05, 3.63) is 46.8 Å². The van der Waals surface area contributed by atoms with Crippen LogP contribution in [0.15, 0.2) is 33.7 Å². The smallest absolute Gasteiger partial charge is 0.243 e.